The van der Waals surface area contributed by atoms with E-state index in [-0.39, 0.29) is 24.1 Å². The molecule has 0 atom stereocenters. The van der Waals surface area contributed by atoms with Crippen molar-refractivity contribution in [1.29, 1.82) is 0 Å². The Labute approximate surface area is 139 Å². The molecule has 122 valence electrons. The number of aromatic amines is 1. The normalized spacial score (nSPS) is 16.3. The summed E-state index contributed by atoms with van der Waals surface area (Å²) in [6.45, 7) is 2.71. The van der Waals surface area contributed by atoms with Crippen LogP contribution in [0.25, 0.3) is 0 Å². The van der Waals surface area contributed by atoms with Crippen LogP contribution in [0.4, 0.5) is 4.39 Å². The van der Waals surface area contributed by atoms with Crippen molar-refractivity contribution in [2.75, 3.05) is 13.1 Å². The number of H-pyrrole nitrogens is 1. The third-order valence-electron chi connectivity index (χ3n) is 4.48. The summed E-state index contributed by atoms with van der Waals surface area (Å²) < 4.78 is 13.3. The third-order valence-corrected chi connectivity index (χ3v) is 4.48. The summed E-state index contributed by atoms with van der Waals surface area (Å²) in [7, 11) is 0. The molecule has 1 aromatic carbocycles. The second-order valence-electron chi connectivity index (χ2n) is 5.85. The van der Waals surface area contributed by atoms with Gasteiger partial charge < -0.3 is 10.2 Å². The molecule has 0 spiro atoms. The molecule has 1 amide bonds. The molecule has 5 nitrogen and oxygen atoms in total. The number of aromatic nitrogens is 2. The smallest absolute Gasteiger partial charge is 0.275 e. The molecule has 3 heterocycles. The van der Waals surface area contributed by atoms with E-state index in [1.165, 1.54) is 6.07 Å². The number of carbonyl (C=O) groups excluding carboxylic acids is 1. The minimum atomic E-state index is -0.217. The van der Waals surface area contributed by atoms with Gasteiger partial charge in [-0.15, -0.1) is 12.4 Å². The van der Waals surface area contributed by atoms with Crippen molar-refractivity contribution >= 4 is 18.3 Å². The quantitative estimate of drug-likeness (QED) is 0.835. The molecule has 23 heavy (non-hydrogen) atoms. The summed E-state index contributed by atoms with van der Waals surface area (Å²) in [5, 5.41) is 10.5. The monoisotopic (exact) mass is 336 g/mol. The number of halogens is 2. The van der Waals surface area contributed by atoms with Gasteiger partial charge in [0.05, 0.1) is 0 Å². The standard InChI is InChI=1S/C16H17FN4O.ClH/c17-12-2-1-11-9-21(6-4-10(11)7-12)16(22)15-13-8-18-5-3-14(13)19-20-15;/h1-2,7,18H,3-6,8-9H2,(H,19,20);1H. The Morgan fingerprint density at radius 3 is 3.00 bits per heavy atom. The average molecular weight is 337 g/mol. The molecular formula is C16H18ClFN4O. The van der Waals surface area contributed by atoms with E-state index in [1.54, 1.807) is 17.0 Å². The van der Waals surface area contributed by atoms with Gasteiger partial charge in [0, 0.05) is 43.9 Å². The zero-order valence-electron chi connectivity index (χ0n) is 12.6. The highest BCUT2D eigenvalue weighted by Crippen LogP contribution is 2.23. The SMILES string of the molecule is Cl.O=C(c1n[nH]c2c1CNCC2)N1CCc2cc(F)ccc2C1. The highest BCUT2D eigenvalue weighted by molar-refractivity contribution is 5.94. The molecule has 0 saturated carbocycles. The van der Waals surface area contributed by atoms with Crippen molar-refractivity contribution in [3.8, 4) is 0 Å². The Kier molecular flexibility index (Phi) is 4.37. The van der Waals surface area contributed by atoms with Crippen LogP contribution in [0.3, 0.4) is 0 Å². The molecular weight excluding hydrogens is 319 g/mol. The summed E-state index contributed by atoms with van der Waals surface area (Å²) in [5.74, 6) is -0.262. The number of fused-ring (bicyclic) bond motifs is 2. The number of carbonyl (C=O) groups is 1. The zero-order chi connectivity index (χ0) is 15.1. The van der Waals surface area contributed by atoms with E-state index >= 15 is 0 Å². The van der Waals surface area contributed by atoms with Gasteiger partial charge in [0.15, 0.2) is 5.69 Å². The van der Waals surface area contributed by atoms with Crippen molar-refractivity contribution in [3.05, 3.63) is 52.1 Å². The van der Waals surface area contributed by atoms with Gasteiger partial charge in [0.2, 0.25) is 0 Å². The van der Waals surface area contributed by atoms with Crippen LogP contribution < -0.4 is 5.32 Å². The van der Waals surface area contributed by atoms with E-state index in [0.29, 0.717) is 31.7 Å². The number of nitrogens with zero attached hydrogens (tertiary/aromatic N) is 2. The van der Waals surface area contributed by atoms with Crippen LogP contribution in [0.2, 0.25) is 0 Å². The van der Waals surface area contributed by atoms with Crippen molar-refractivity contribution < 1.29 is 9.18 Å². The van der Waals surface area contributed by atoms with E-state index < -0.39 is 0 Å². The summed E-state index contributed by atoms with van der Waals surface area (Å²) in [5.41, 5.74) is 4.58. The minimum absolute atomic E-state index is 0. The number of rotatable bonds is 1. The Morgan fingerprint density at radius 1 is 1.26 bits per heavy atom. The predicted octanol–water partition coefficient (Wildman–Crippen LogP) is 1.81. The molecule has 2 aliphatic heterocycles. The van der Waals surface area contributed by atoms with Crippen molar-refractivity contribution in [1.82, 2.24) is 20.4 Å². The fourth-order valence-electron chi connectivity index (χ4n) is 3.25. The van der Waals surface area contributed by atoms with Crippen molar-refractivity contribution in [2.45, 2.75) is 25.9 Å². The first-order valence-electron chi connectivity index (χ1n) is 7.56. The molecule has 0 radical (unpaired) electrons. The van der Waals surface area contributed by atoms with Crippen LogP contribution >= 0.6 is 12.4 Å². The van der Waals surface area contributed by atoms with Gasteiger partial charge in [-0.3, -0.25) is 9.89 Å². The zero-order valence-corrected chi connectivity index (χ0v) is 13.4. The highest BCUT2D eigenvalue weighted by atomic mass is 35.5. The van der Waals surface area contributed by atoms with Crippen LogP contribution in [-0.2, 0) is 25.9 Å². The topological polar surface area (TPSA) is 61.0 Å². The molecule has 7 heteroatoms. The third kappa shape index (κ3) is 2.84. The molecule has 0 fully saturated rings. The summed E-state index contributed by atoms with van der Waals surface area (Å²) in [6, 6.07) is 4.79. The first kappa shape index (κ1) is 16.0. The maximum absolute atomic E-state index is 13.3. The summed E-state index contributed by atoms with van der Waals surface area (Å²) >= 11 is 0. The fraction of sp³-hybridized carbons (Fsp3) is 0.375. The highest BCUT2D eigenvalue weighted by Gasteiger charge is 2.27. The average Bonchev–Trinajstić information content (AvgIpc) is 2.97. The first-order chi connectivity index (χ1) is 10.7. The second kappa shape index (κ2) is 6.29. The maximum atomic E-state index is 13.3. The lowest BCUT2D eigenvalue weighted by Crippen LogP contribution is -2.37. The van der Waals surface area contributed by atoms with Gasteiger partial charge in [-0.25, -0.2) is 4.39 Å². The molecule has 2 aliphatic rings. The molecule has 1 aromatic heterocycles. The van der Waals surface area contributed by atoms with Crippen LogP contribution in [0.1, 0.15) is 32.9 Å². The van der Waals surface area contributed by atoms with Crippen molar-refractivity contribution in [2.24, 2.45) is 0 Å². The van der Waals surface area contributed by atoms with Crippen molar-refractivity contribution in [3.63, 3.8) is 0 Å². The van der Waals surface area contributed by atoms with Crippen LogP contribution in [0.15, 0.2) is 18.2 Å². The molecule has 0 bridgehead atoms. The lowest BCUT2D eigenvalue weighted by atomic mass is 9.99. The Hall–Kier alpha value is -1.92. The largest absolute Gasteiger partial charge is 0.333 e. The molecule has 0 unspecified atom stereocenters. The van der Waals surface area contributed by atoms with Gasteiger partial charge in [-0.2, -0.15) is 5.10 Å². The maximum Gasteiger partial charge on any atom is 0.275 e. The van der Waals surface area contributed by atoms with E-state index in [2.05, 4.69) is 15.5 Å². The lowest BCUT2D eigenvalue weighted by Gasteiger charge is -2.28. The Bertz CT molecular complexity index is 746. The number of benzene rings is 1. The summed E-state index contributed by atoms with van der Waals surface area (Å²) in [6.07, 6.45) is 1.56. The Morgan fingerprint density at radius 2 is 2.13 bits per heavy atom. The van der Waals surface area contributed by atoms with Crippen LogP contribution in [-0.4, -0.2) is 34.1 Å². The lowest BCUT2D eigenvalue weighted by molar-refractivity contribution is 0.0727. The van der Waals surface area contributed by atoms with E-state index in [1.807, 2.05) is 0 Å². The predicted molar refractivity (Wildman–Crippen MR) is 86.1 cm³/mol. The molecule has 4 rings (SSSR count). The molecule has 2 aromatic rings. The fourth-order valence-corrected chi connectivity index (χ4v) is 3.25. The van der Waals surface area contributed by atoms with E-state index in [4.69, 9.17) is 0 Å². The van der Waals surface area contributed by atoms with E-state index in [0.717, 1.165) is 35.3 Å². The number of nitrogens with one attached hydrogen (secondary N) is 2. The Balaban J connectivity index is 0.00000156. The van der Waals surface area contributed by atoms with Gasteiger partial charge >= 0.3 is 0 Å². The van der Waals surface area contributed by atoms with Crippen LogP contribution in [0, 0.1) is 5.82 Å². The van der Waals surface area contributed by atoms with Gasteiger partial charge in [0.1, 0.15) is 5.82 Å². The number of hydrogen-bond acceptors (Lipinski definition) is 3. The number of amides is 1. The van der Waals surface area contributed by atoms with Gasteiger partial charge in [0.25, 0.3) is 5.91 Å². The molecule has 0 aliphatic carbocycles. The molecule has 0 saturated heterocycles. The van der Waals surface area contributed by atoms with Gasteiger partial charge in [-0.1, -0.05) is 6.07 Å². The number of hydrogen-bond donors (Lipinski definition) is 2. The second-order valence-corrected chi connectivity index (χ2v) is 5.85. The molecule has 2 N–H and O–H groups in total. The summed E-state index contributed by atoms with van der Waals surface area (Å²) in [4.78, 5) is 14.5. The van der Waals surface area contributed by atoms with E-state index in [9.17, 15) is 9.18 Å². The first-order valence-corrected chi connectivity index (χ1v) is 7.56. The van der Waals surface area contributed by atoms with Gasteiger partial charge in [-0.05, 0) is 29.7 Å². The van der Waals surface area contributed by atoms with Crippen LogP contribution in [0.5, 0.6) is 0 Å². The minimum Gasteiger partial charge on any atom is -0.333 e.